The van der Waals surface area contributed by atoms with Crippen LogP contribution in [0.5, 0.6) is 0 Å². The molecule has 0 radical (unpaired) electrons. The third kappa shape index (κ3) is 3.91. The van der Waals surface area contributed by atoms with Crippen LogP contribution in [0.25, 0.3) is 0 Å². The van der Waals surface area contributed by atoms with Gasteiger partial charge in [-0.2, -0.15) is 17.0 Å². The number of piperidine rings is 1. The second kappa shape index (κ2) is 5.65. The van der Waals surface area contributed by atoms with E-state index in [1.165, 1.54) is 4.31 Å². The highest BCUT2D eigenvalue weighted by atomic mass is 32.2. The van der Waals surface area contributed by atoms with Crippen LogP contribution in [0.2, 0.25) is 0 Å². The lowest BCUT2D eigenvalue weighted by Crippen LogP contribution is -2.47. The third-order valence-electron chi connectivity index (χ3n) is 3.47. The minimum Gasteiger partial charge on any atom is -0.330 e. The molecule has 1 aliphatic rings. The van der Waals surface area contributed by atoms with Crippen molar-refractivity contribution in [3.63, 3.8) is 0 Å². The van der Waals surface area contributed by atoms with Gasteiger partial charge in [0.1, 0.15) is 0 Å². The first kappa shape index (κ1) is 14.9. The smallest absolute Gasteiger partial charge is 0.281 e. The molecule has 0 aromatic rings. The molecule has 17 heavy (non-hydrogen) atoms. The summed E-state index contributed by atoms with van der Waals surface area (Å²) in [6.45, 7) is 6.65. The Morgan fingerprint density at radius 2 is 1.82 bits per heavy atom. The largest absolute Gasteiger partial charge is 0.330 e. The summed E-state index contributed by atoms with van der Waals surface area (Å²) in [5.41, 5.74) is 5.66. The maximum absolute atomic E-state index is 12.2. The molecule has 1 saturated heterocycles. The first-order valence-electron chi connectivity index (χ1n) is 6.21. The van der Waals surface area contributed by atoms with Gasteiger partial charge in [-0.25, -0.2) is 0 Å². The lowest BCUT2D eigenvalue weighted by atomic mass is 9.83. The molecule has 5 nitrogen and oxygen atoms in total. The van der Waals surface area contributed by atoms with E-state index in [0.717, 1.165) is 12.8 Å². The SMILES string of the molecule is CN(CCCN)S(=O)(=O)N1CCC(C)(C)CC1. The molecule has 1 fully saturated rings. The second-order valence-corrected chi connectivity index (χ2v) is 7.57. The summed E-state index contributed by atoms with van der Waals surface area (Å²) in [5.74, 6) is 0. The predicted molar refractivity (Wildman–Crippen MR) is 69.8 cm³/mol. The average molecular weight is 263 g/mol. The Labute approximate surface area is 105 Å². The topological polar surface area (TPSA) is 66.6 Å². The normalized spacial score (nSPS) is 21.9. The minimum atomic E-state index is -3.27. The molecule has 2 N–H and O–H groups in total. The lowest BCUT2D eigenvalue weighted by molar-refractivity contribution is 0.189. The van der Waals surface area contributed by atoms with Crippen LogP contribution in [0.4, 0.5) is 0 Å². The fraction of sp³-hybridized carbons (Fsp3) is 1.00. The summed E-state index contributed by atoms with van der Waals surface area (Å²) < 4.78 is 27.4. The number of hydrogen-bond donors (Lipinski definition) is 1. The van der Waals surface area contributed by atoms with E-state index >= 15 is 0 Å². The standard InChI is InChI=1S/C11H25N3O2S/c1-11(2)5-9-14(10-6-11)17(15,16)13(3)8-4-7-12/h4-10,12H2,1-3H3. The average Bonchev–Trinajstić information content (AvgIpc) is 2.25. The highest BCUT2D eigenvalue weighted by molar-refractivity contribution is 7.86. The molecule has 0 aromatic carbocycles. The Bertz CT molecular complexity index is 331. The molecule has 0 aliphatic carbocycles. The van der Waals surface area contributed by atoms with Gasteiger partial charge in [0.15, 0.2) is 0 Å². The van der Waals surface area contributed by atoms with Crippen LogP contribution >= 0.6 is 0 Å². The van der Waals surface area contributed by atoms with Crippen molar-refractivity contribution in [2.75, 3.05) is 33.2 Å². The van der Waals surface area contributed by atoms with Crippen molar-refractivity contribution in [1.82, 2.24) is 8.61 Å². The van der Waals surface area contributed by atoms with Gasteiger partial charge in [-0.05, 0) is 31.2 Å². The van der Waals surface area contributed by atoms with E-state index in [-0.39, 0.29) is 5.41 Å². The quantitative estimate of drug-likeness (QED) is 0.791. The fourth-order valence-electron chi connectivity index (χ4n) is 1.95. The second-order valence-electron chi connectivity index (χ2n) is 5.53. The molecule has 0 bridgehead atoms. The summed E-state index contributed by atoms with van der Waals surface area (Å²) in [5, 5.41) is 0. The summed E-state index contributed by atoms with van der Waals surface area (Å²) >= 11 is 0. The summed E-state index contributed by atoms with van der Waals surface area (Å²) in [6.07, 6.45) is 2.56. The van der Waals surface area contributed by atoms with Crippen molar-refractivity contribution in [2.24, 2.45) is 11.1 Å². The monoisotopic (exact) mass is 263 g/mol. The van der Waals surface area contributed by atoms with Gasteiger partial charge < -0.3 is 5.73 Å². The zero-order valence-electron chi connectivity index (χ0n) is 11.1. The van der Waals surface area contributed by atoms with Gasteiger partial charge in [0.25, 0.3) is 10.2 Å². The Morgan fingerprint density at radius 1 is 1.29 bits per heavy atom. The van der Waals surface area contributed by atoms with Gasteiger partial charge in [0, 0.05) is 26.7 Å². The molecular weight excluding hydrogens is 238 g/mol. The molecule has 1 rings (SSSR count). The molecular formula is C11H25N3O2S. The summed E-state index contributed by atoms with van der Waals surface area (Å²) in [4.78, 5) is 0. The van der Waals surface area contributed by atoms with Crippen LogP contribution < -0.4 is 5.73 Å². The van der Waals surface area contributed by atoms with Gasteiger partial charge >= 0.3 is 0 Å². The van der Waals surface area contributed by atoms with E-state index < -0.39 is 10.2 Å². The molecule has 6 heteroatoms. The first-order chi connectivity index (χ1) is 7.79. The van der Waals surface area contributed by atoms with Crippen molar-refractivity contribution in [2.45, 2.75) is 33.1 Å². The number of nitrogens with two attached hydrogens (primary N) is 1. The molecule has 1 aliphatic heterocycles. The van der Waals surface area contributed by atoms with Crippen molar-refractivity contribution >= 4 is 10.2 Å². The highest BCUT2D eigenvalue weighted by Crippen LogP contribution is 2.31. The van der Waals surface area contributed by atoms with Crippen LogP contribution in [0.3, 0.4) is 0 Å². The van der Waals surface area contributed by atoms with E-state index in [4.69, 9.17) is 5.73 Å². The van der Waals surface area contributed by atoms with E-state index in [1.54, 1.807) is 11.4 Å². The highest BCUT2D eigenvalue weighted by Gasteiger charge is 2.33. The Morgan fingerprint density at radius 3 is 2.29 bits per heavy atom. The molecule has 0 saturated carbocycles. The van der Waals surface area contributed by atoms with Crippen molar-refractivity contribution in [1.29, 1.82) is 0 Å². The molecule has 0 atom stereocenters. The van der Waals surface area contributed by atoms with Crippen molar-refractivity contribution < 1.29 is 8.42 Å². The van der Waals surface area contributed by atoms with Crippen LogP contribution in [0.1, 0.15) is 33.1 Å². The van der Waals surface area contributed by atoms with Crippen molar-refractivity contribution in [3.05, 3.63) is 0 Å². The number of nitrogens with zero attached hydrogens (tertiary/aromatic N) is 2. The zero-order chi connectivity index (χ0) is 13.1. The molecule has 0 unspecified atom stereocenters. The van der Waals surface area contributed by atoms with Gasteiger partial charge in [0.05, 0.1) is 0 Å². The Kier molecular flexibility index (Phi) is 4.95. The van der Waals surface area contributed by atoms with E-state index in [0.29, 0.717) is 32.6 Å². The van der Waals surface area contributed by atoms with Gasteiger partial charge in [0.2, 0.25) is 0 Å². The molecule has 0 amide bonds. The third-order valence-corrected chi connectivity index (χ3v) is 5.46. The van der Waals surface area contributed by atoms with E-state index in [2.05, 4.69) is 13.8 Å². The molecule has 1 heterocycles. The van der Waals surface area contributed by atoms with Gasteiger partial charge in [-0.15, -0.1) is 0 Å². The lowest BCUT2D eigenvalue weighted by Gasteiger charge is -2.37. The van der Waals surface area contributed by atoms with Crippen molar-refractivity contribution in [3.8, 4) is 0 Å². The minimum absolute atomic E-state index is 0.266. The zero-order valence-corrected chi connectivity index (χ0v) is 12.0. The summed E-state index contributed by atoms with van der Waals surface area (Å²) in [7, 11) is -1.64. The Balaban J connectivity index is 2.60. The molecule has 0 aromatic heterocycles. The van der Waals surface area contributed by atoms with Crippen LogP contribution in [0, 0.1) is 5.41 Å². The maximum Gasteiger partial charge on any atom is 0.281 e. The maximum atomic E-state index is 12.2. The van der Waals surface area contributed by atoms with E-state index in [9.17, 15) is 8.42 Å². The first-order valence-corrected chi connectivity index (χ1v) is 7.61. The Hall–Kier alpha value is -0.170. The van der Waals surface area contributed by atoms with E-state index in [1.807, 2.05) is 0 Å². The van der Waals surface area contributed by atoms with Crippen LogP contribution in [-0.2, 0) is 10.2 Å². The van der Waals surface area contributed by atoms with Crippen LogP contribution in [-0.4, -0.2) is 50.3 Å². The fourth-order valence-corrected chi connectivity index (χ4v) is 3.35. The summed E-state index contributed by atoms with van der Waals surface area (Å²) in [6, 6.07) is 0. The predicted octanol–water partition coefficient (Wildman–Crippen LogP) is 0.634. The van der Waals surface area contributed by atoms with Gasteiger partial charge in [-0.3, -0.25) is 0 Å². The van der Waals surface area contributed by atoms with Gasteiger partial charge in [-0.1, -0.05) is 13.8 Å². The molecule has 0 spiro atoms. The number of rotatable bonds is 5. The van der Waals surface area contributed by atoms with Crippen LogP contribution in [0.15, 0.2) is 0 Å². The number of hydrogen-bond acceptors (Lipinski definition) is 3. The molecule has 102 valence electrons.